The molecule has 40 heavy (non-hydrogen) atoms. The molecule has 1 aromatic carbocycles. The number of anilines is 1. The van der Waals surface area contributed by atoms with Crippen molar-refractivity contribution in [2.75, 3.05) is 31.2 Å². The number of carbonyl (C=O) groups excluding carboxylic acids is 3. The van der Waals surface area contributed by atoms with Gasteiger partial charge in [-0.15, -0.1) is 13.2 Å². The van der Waals surface area contributed by atoms with Gasteiger partial charge in [-0.3, -0.25) is 14.4 Å². The number of fused-ring (bicyclic) bond motifs is 1. The SMILES string of the molecule is C=CCCOC(=O)[C@@H]1[C@H]2C(=O)N(CCCCCCO)C(C(=O)N(CC=C)c3cc(C)ccc3C)C23CC[C@@]1(C)O3. The number of carbonyl (C=O) groups is 3. The summed E-state index contributed by atoms with van der Waals surface area (Å²) in [5.41, 5.74) is 0.767. The molecule has 0 radical (unpaired) electrons. The molecule has 3 aliphatic rings. The van der Waals surface area contributed by atoms with Gasteiger partial charge in [-0.25, -0.2) is 0 Å². The van der Waals surface area contributed by atoms with E-state index in [2.05, 4.69) is 13.2 Å². The Hall–Kier alpha value is -2.97. The molecule has 1 spiro atoms. The van der Waals surface area contributed by atoms with E-state index < -0.39 is 35.0 Å². The van der Waals surface area contributed by atoms with Crippen molar-refractivity contribution < 1.29 is 29.0 Å². The number of ether oxygens (including phenoxy) is 2. The standard InChI is InChI=1S/C32H44N2O6/c1-6-8-20-39-30(38)26-25-28(36)34(18-11-9-10-12-19-35)27(32(25)16-15-31(26,5)40-32)29(37)33(17-7-2)24-21-22(3)13-14-23(24)4/h6-7,13-14,21,25-27,35H,1-2,8-12,15-20H2,3-5H3/t25-,26-,27?,31+,32?/m0/s1. The molecule has 0 aromatic heterocycles. The number of esters is 1. The second kappa shape index (κ2) is 12.3. The van der Waals surface area contributed by atoms with Gasteiger partial charge in [0.25, 0.3) is 5.91 Å². The molecular formula is C32H44N2O6. The number of rotatable bonds is 14. The van der Waals surface area contributed by atoms with Crippen LogP contribution >= 0.6 is 0 Å². The van der Waals surface area contributed by atoms with E-state index in [1.54, 1.807) is 22.0 Å². The van der Waals surface area contributed by atoms with Crippen LogP contribution in [0.4, 0.5) is 5.69 Å². The molecule has 1 N–H and O–H groups in total. The summed E-state index contributed by atoms with van der Waals surface area (Å²) >= 11 is 0. The maximum Gasteiger partial charge on any atom is 0.312 e. The monoisotopic (exact) mass is 552 g/mol. The first-order valence-corrected chi connectivity index (χ1v) is 14.5. The van der Waals surface area contributed by atoms with Gasteiger partial charge >= 0.3 is 5.97 Å². The number of aliphatic hydroxyl groups is 1. The molecule has 2 bridgehead atoms. The zero-order valence-corrected chi connectivity index (χ0v) is 24.2. The highest BCUT2D eigenvalue weighted by Crippen LogP contribution is 2.63. The number of hydrogen-bond acceptors (Lipinski definition) is 6. The van der Waals surface area contributed by atoms with Crippen LogP contribution in [0.5, 0.6) is 0 Å². The lowest BCUT2D eigenvalue weighted by Gasteiger charge is -2.37. The molecule has 3 aliphatic heterocycles. The molecule has 2 amide bonds. The van der Waals surface area contributed by atoms with Gasteiger partial charge < -0.3 is 24.4 Å². The highest BCUT2D eigenvalue weighted by Gasteiger charge is 2.78. The number of nitrogens with zero attached hydrogens (tertiary/aromatic N) is 2. The first kappa shape index (κ1) is 30.0. The fourth-order valence-electron chi connectivity index (χ4n) is 6.98. The Kier molecular flexibility index (Phi) is 9.20. The summed E-state index contributed by atoms with van der Waals surface area (Å²) in [6.45, 7) is 14.4. The number of benzene rings is 1. The zero-order valence-electron chi connectivity index (χ0n) is 24.2. The summed E-state index contributed by atoms with van der Waals surface area (Å²) in [4.78, 5) is 45.7. The first-order chi connectivity index (χ1) is 19.1. The minimum Gasteiger partial charge on any atom is -0.465 e. The van der Waals surface area contributed by atoms with Crippen LogP contribution in [0.3, 0.4) is 0 Å². The molecular weight excluding hydrogens is 508 g/mol. The second-order valence-corrected chi connectivity index (χ2v) is 11.7. The Labute approximate surface area is 238 Å². The number of aryl methyl sites for hydroxylation is 2. The summed E-state index contributed by atoms with van der Waals surface area (Å²) < 4.78 is 12.3. The summed E-state index contributed by atoms with van der Waals surface area (Å²) in [5.74, 6) is -2.43. The molecule has 8 heteroatoms. The predicted octanol–water partition coefficient (Wildman–Crippen LogP) is 4.26. The molecule has 8 nitrogen and oxygen atoms in total. The Morgan fingerprint density at radius 1 is 1.18 bits per heavy atom. The fraction of sp³-hybridized carbons (Fsp3) is 0.594. The van der Waals surface area contributed by atoms with E-state index in [0.29, 0.717) is 38.6 Å². The summed E-state index contributed by atoms with van der Waals surface area (Å²) in [5, 5.41) is 9.17. The molecule has 1 aromatic rings. The van der Waals surface area contributed by atoms with Crippen LogP contribution in [0.25, 0.3) is 0 Å². The van der Waals surface area contributed by atoms with E-state index in [-0.39, 0.29) is 31.6 Å². The van der Waals surface area contributed by atoms with Crippen LogP contribution in [0.2, 0.25) is 0 Å². The van der Waals surface area contributed by atoms with Crippen LogP contribution in [0, 0.1) is 25.7 Å². The Morgan fingerprint density at radius 3 is 2.62 bits per heavy atom. The molecule has 5 atom stereocenters. The summed E-state index contributed by atoms with van der Waals surface area (Å²) in [6, 6.07) is 5.11. The molecule has 2 unspecified atom stereocenters. The van der Waals surface area contributed by atoms with E-state index in [1.165, 1.54) is 0 Å². The third-order valence-electron chi connectivity index (χ3n) is 8.87. The van der Waals surface area contributed by atoms with Crippen LogP contribution in [-0.2, 0) is 23.9 Å². The summed E-state index contributed by atoms with van der Waals surface area (Å²) in [6.07, 6.45) is 8.03. The molecule has 218 valence electrons. The third-order valence-corrected chi connectivity index (χ3v) is 8.87. The zero-order chi connectivity index (χ0) is 29.1. The number of hydrogen-bond donors (Lipinski definition) is 1. The second-order valence-electron chi connectivity index (χ2n) is 11.7. The van der Waals surface area contributed by atoms with E-state index in [4.69, 9.17) is 14.6 Å². The molecule has 0 saturated carbocycles. The average molecular weight is 553 g/mol. The number of unbranched alkanes of at least 4 members (excludes halogenated alkanes) is 3. The number of amides is 2. The topological polar surface area (TPSA) is 96.4 Å². The smallest absolute Gasteiger partial charge is 0.312 e. The van der Waals surface area contributed by atoms with Crippen LogP contribution in [-0.4, -0.2) is 71.3 Å². The van der Waals surface area contributed by atoms with Crippen LogP contribution < -0.4 is 4.90 Å². The van der Waals surface area contributed by atoms with Crippen molar-refractivity contribution >= 4 is 23.5 Å². The van der Waals surface area contributed by atoms with Gasteiger partial charge in [0.05, 0.1) is 18.1 Å². The largest absolute Gasteiger partial charge is 0.465 e. The van der Waals surface area contributed by atoms with Crippen molar-refractivity contribution in [3.63, 3.8) is 0 Å². The maximum absolute atomic E-state index is 14.7. The highest BCUT2D eigenvalue weighted by atomic mass is 16.6. The van der Waals surface area contributed by atoms with E-state index >= 15 is 0 Å². The Balaban J connectivity index is 1.74. The predicted molar refractivity (Wildman–Crippen MR) is 154 cm³/mol. The Morgan fingerprint density at radius 2 is 1.93 bits per heavy atom. The first-order valence-electron chi connectivity index (χ1n) is 14.5. The quantitative estimate of drug-likeness (QED) is 0.211. The fourth-order valence-corrected chi connectivity index (χ4v) is 6.98. The highest BCUT2D eigenvalue weighted by molar-refractivity contribution is 6.05. The van der Waals surface area contributed by atoms with Crippen LogP contribution in [0.1, 0.15) is 63.0 Å². The van der Waals surface area contributed by atoms with E-state index in [0.717, 1.165) is 29.7 Å². The van der Waals surface area contributed by atoms with Crippen molar-refractivity contribution in [3.8, 4) is 0 Å². The van der Waals surface area contributed by atoms with Gasteiger partial charge in [0.2, 0.25) is 5.91 Å². The molecule has 3 saturated heterocycles. The molecule has 3 heterocycles. The summed E-state index contributed by atoms with van der Waals surface area (Å²) in [7, 11) is 0. The van der Waals surface area contributed by atoms with Gasteiger partial charge in [0.1, 0.15) is 17.6 Å². The van der Waals surface area contributed by atoms with E-state index in [1.807, 2.05) is 39.0 Å². The van der Waals surface area contributed by atoms with Crippen LogP contribution in [0.15, 0.2) is 43.5 Å². The third kappa shape index (κ3) is 5.23. The minimum atomic E-state index is -1.10. The lowest BCUT2D eigenvalue weighted by molar-refractivity contribution is -0.159. The van der Waals surface area contributed by atoms with Gasteiger partial charge in [-0.05, 0) is 70.1 Å². The van der Waals surface area contributed by atoms with E-state index in [9.17, 15) is 14.4 Å². The van der Waals surface area contributed by atoms with Crippen molar-refractivity contribution in [2.24, 2.45) is 11.8 Å². The van der Waals surface area contributed by atoms with Gasteiger partial charge in [-0.2, -0.15) is 0 Å². The number of likely N-dealkylation sites (tertiary alicyclic amines) is 1. The van der Waals surface area contributed by atoms with Gasteiger partial charge in [-0.1, -0.05) is 37.1 Å². The molecule has 4 rings (SSSR count). The lowest BCUT2D eigenvalue weighted by Crippen LogP contribution is -2.56. The van der Waals surface area contributed by atoms with Gasteiger partial charge in [0.15, 0.2) is 0 Å². The number of aliphatic hydroxyl groups excluding tert-OH is 1. The maximum atomic E-state index is 14.7. The van der Waals surface area contributed by atoms with Crippen molar-refractivity contribution in [2.45, 2.75) is 83.0 Å². The normalized spacial score (nSPS) is 28.4. The van der Waals surface area contributed by atoms with Crippen molar-refractivity contribution in [1.29, 1.82) is 0 Å². The minimum absolute atomic E-state index is 0.128. The van der Waals surface area contributed by atoms with Crippen molar-refractivity contribution in [3.05, 3.63) is 54.6 Å². The average Bonchev–Trinajstić information content (AvgIpc) is 3.49. The lowest BCUT2D eigenvalue weighted by atomic mass is 9.66. The van der Waals surface area contributed by atoms with Crippen molar-refractivity contribution in [1.82, 2.24) is 4.90 Å². The van der Waals surface area contributed by atoms with Gasteiger partial charge in [0, 0.05) is 25.4 Å². The molecule has 3 fully saturated rings. The Bertz CT molecular complexity index is 1150. The molecule has 0 aliphatic carbocycles.